The van der Waals surface area contributed by atoms with Crippen molar-refractivity contribution < 1.29 is 9.64 Å². The first-order valence-electron chi connectivity index (χ1n) is 10.7. The summed E-state index contributed by atoms with van der Waals surface area (Å²) in [4.78, 5) is 24.4. The summed E-state index contributed by atoms with van der Waals surface area (Å²) in [6.45, 7) is 9.42. The van der Waals surface area contributed by atoms with Gasteiger partial charge in [-0.1, -0.05) is 19.6 Å². The maximum Gasteiger partial charge on any atom is 0.260 e. The Balaban J connectivity index is 1.53. The van der Waals surface area contributed by atoms with Crippen molar-refractivity contribution in [3.05, 3.63) is 69.1 Å². The van der Waals surface area contributed by atoms with Crippen LogP contribution in [0.3, 0.4) is 0 Å². The average molecular weight is 425 g/mol. The number of aryl methyl sites for hydroxylation is 1. The monoisotopic (exact) mass is 424 g/mol. The van der Waals surface area contributed by atoms with Gasteiger partial charge in [0.15, 0.2) is 5.82 Å². The van der Waals surface area contributed by atoms with E-state index in [1.807, 2.05) is 12.1 Å². The van der Waals surface area contributed by atoms with E-state index in [0.717, 1.165) is 47.6 Å². The molecule has 158 valence electrons. The van der Waals surface area contributed by atoms with E-state index < -0.39 is 0 Å². The minimum absolute atomic E-state index is 0.0189. The number of H-pyrrole nitrogens is 1. The fourth-order valence-corrected chi connectivity index (χ4v) is 5.53. The third kappa shape index (κ3) is 4.20. The minimum atomic E-state index is 0.0189. The number of hydrogen-bond donors (Lipinski definition) is 2. The summed E-state index contributed by atoms with van der Waals surface area (Å²) in [6, 6.07) is 8.22. The number of rotatable bonds is 7. The highest BCUT2D eigenvalue weighted by Gasteiger charge is 2.25. The van der Waals surface area contributed by atoms with E-state index in [1.54, 1.807) is 17.4 Å². The van der Waals surface area contributed by atoms with Crippen LogP contribution in [0.2, 0.25) is 0 Å². The lowest BCUT2D eigenvalue weighted by atomic mass is 9.89. The van der Waals surface area contributed by atoms with Gasteiger partial charge in [0, 0.05) is 10.4 Å². The first-order valence-corrected chi connectivity index (χ1v) is 11.5. The molecule has 0 saturated heterocycles. The number of quaternary nitrogens is 1. The van der Waals surface area contributed by atoms with Crippen LogP contribution < -0.4 is 15.2 Å². The topological polar surface area (TPSA) is 59.4 Å². The van der Waals surface area contributed by atoms with Crippen LogP contribution in [0.5, 0.6) is 5.75 Å². The Morgan fingerprint density at radius 2 is 2.17 bits per heavy atom. The smallest absolute Gasteiger partial charge is 0.260 e. The van der Waals surface area contributed by atoms with Crippen molar-refractivity contribution in [2.24, 2.45) is 5.92 Å². The molecule has 1 aliphatic carbocycles. The molecule has 1 aromatic carbocycles. The SMILES string of the molecule is C=CCOc1ccc(C[NH+](C)[C@@H](C)c2nc3sc4c(c3c(=O)[nH]2)CC[C@H](C)C4)cc1. The molecule has 0 spiro atoms. The quantitative estimate of drug-likeness (QED) is 0.571. The number of benzene rings is 1. The molecule has 3 atom stereocenters. The van der Waals surface area contributed by atoms with Crippen LogP contribution in [0.15, 0.2) is 41.7 Å². The summed E-state index contributed by atoms with van der Waals surface area (Å²) in [5, 5.41) is 0.825. The third-order valence-corrected chi connectivity index (χ3v) is 7.26. The lowest BCUT2D eigenvalue weighted by molar-refractivity contribution is -0.924. The number of aromatic nitrogens is 2. The molecule has 2 heterocycles. The van der Waals surface area contributed by atoms with E-state index in [1.165, 1.54) is 20.9 Å². The predicted octanol–water partition coefficient (Wildman–Crippen LogP) is 3.45. The molecule has 2 N–H and O–H groups in total. The number of aromatic amines is 1. The van der Waals surface area contributed by atoms with Crippen LogP contribution >= 0.6 is 11.3 Å². The Bertz CT molecular complexity index is 1100. The van der Waals surface area contributed by atoms with E-state index in [2.05, 4.69) is 44.6 Å². The number of ether oxygens (including phenoxy) is 1. The van der Waals surface area contributed by atoms with Gasteiger partial charge < -0.3 is 14.6 Å². The van der Waals surface area contributed by atoms with Crippen molar-refractivity contribution in [2.75, 3.05) is 13.7 Å². The molecule has 30 heavy (non-hydrogen) atoms. The van der Waals surface area contributed by atoms with Crippen LogP contribution in [0.25, 0.3) is 10.2 Å². The zero-order valence-electron chi connectivity index (χ0n) is 18.0. The van der Waals surface area contributed by atoms with Crippen LogP contribution in [-0.4, -0.2) is 23.6 Å². The van der Waals surface area contributed by atoms with E-state index in [0.29, 0.717) is 12.5 Å². The number of nitrogens with one attached hydrogen (secondary N) is 2. The van der Waals surface area contributed by atoms with E-state index in [9.17, 15) is 4.79 Å². The van der Waals surface area contributed by atoms with Gasteiger partial charge in [-0.05, 0) is 61.9 Å². The molecule has 0 radical (unpaired) electrons. The van der Waals surface area contributed by atoms with Gasteiger partial charge in [0.05, 0.1) is 12.4 Å². The van der Waals surface area contributed by atoms with Gasteiger partial charge in [0.1, 0.15) is 29.8 Å². The maximum atomic E-state index is 12.9. The highest BCUT2D eigenvalue weighted by molar-refractivity contribution is 7.18. The molecule has 2 aromatic heterocycles. The Labute approximate surface area is 181 Å². The molecule has 3 aromatic rings. The summed E-state index contributed by atoms with van der Waals surface area (Å²) in [6.07, 6.45) is 4.95. The number of fused-ring (bicyclic) bond motifs is 3. The molecule has 0 saturated carbocycles. The molecule has 0 bridgehead atoms. The summed E-state index contributed by atoms with van der Waals surface area (Å²) in [5.74, 6) is 2.30. The van der Waals surface area contributed by atoms with E-state index >= 15 is 0 Å². The fourth-order valence-electron chi connectivity index (χ4n) is 4.14. The molecule has 0 aliphatic heterocycles. The number of thiophene rings is 1. The zero-order chi connectivity index (χ0) is 21.3. The van der Waals surface area contributed by atoms with Crippen molar-refractivity contribution in [1.82, 2.24) is 9.97 Å². The Morgan fingerprint density at radius 1 is 1.40 bits per heavy atom. The lowest BCUT2D eigenvalue weighted by Gasteiger charge is -2.21. The second-order valence-corrected chi connectivity index (χ2v) is 9.56. The van der Waals surface area contributed by atoms with Crippen LogP contribution in [0.4, 0.5) is 0 Å². The molecule has 0 fully saturated rings. The van der Waals surface area contributed by atoms with Gasteiger partial charge in [-0.3, -0.25) is 4.79 Å². The normalized spacial score (nSPS) is 18.0. The van der Waals surface area contributed by atoms with Gasteiger partial charge in [-0.25, -0.2) is 4.98 Å². The van der Waals surface area contributed by atoms with Crippen molar-refractivity contribution in [1.29, 1.82) is 0 Å². The zero-order valence-corrected chi connectivity index (χ0v) is 18.8. The van der Waals surface area contributed by atoms with E-state index in [-0.39, 0.29) is 11.6 Å². The van der Waals surface area contributed by atoms with Crippen LogP contribution in [0, 0.1) is 5.92 Å². The molecule has 5 nitrogen and oxygen atoms in total. The third-order valence-electron chi connectivity index (χ3n) is 6.11. The lowest BCUT2D eigenvalue weighted by Crippen LogP contribution is -3.07. The molecular weight excluding hydrogens is 394 g/mol. The van der Waals surface area contributed by atoms with E-state index in [4.69, 9.17) is 9.72 Å². The first-order chi connectivity index (χ1) is 14.5. The average Bonchev–Trinajstić information content (AvgIpc) is 3.10. The Hall–Kier alpha value is -2.44. The van der Waals surface area contributed by atoms with Gasteiger partial charge in [-0.15, -0.1) is 11.3 Å². The van der Waals surface area contributed by atoms with Gasteiger partial charge in [0.25, 0.3) is 5.56 Å². The van der Waals surface area contributed by atoms with Crippen molar-refractivity contribution in [3.63, 3.8) is 0 Å². The molecule has 1 unspecified atom stereocenters. The largest absolute Gasteiger partial charge is 0.490 e. The summed E-state index contributed by atoms with van der Waals surface area (Å²) < 4.78 is 5.55. The molecule has 4 rings (SSSR count). The van der Waals surface area contributed by atoms with Crippen molar-refractivity contribution in [2.45, 2.75) is 45.7 Å². The number of nitrogens with zero attached hydrogens (tertiary/aromatic N) is 1. The fraction of sp³-hybridized carbons (Fsp3) is 0.417. The summed E-state index contributed by atoms with van der Waals surface area (Å²) in [7, 11) is 2.14. The highest BCUT2D eigenvalue weighted by atomic mass is 32.1. The van der Waals surface area contributed by atoms with Gasteiger partial charge in [-0.2, -0.15) is 0 Å². The second-order valence-electron chi connectivity index (χ2n) is 8.47. The van der Waals surface area contributed by atoms with Crippen molar-refractivity contribution >= 4 is 21.6 Å². The molecule has 0 amide bonds. The Morgan fingerprint density at radius 3 is 2.90 bits per heavy atom. The minimum Gasteiger partial charge on any atom is -0.490 e. The second kappa shape index (κ2) is 8.74. The highest BCUT2D eigenvalue weighted by Crippen LogP contribution is 2.35. The predicted molar refractivity (Wildman–Crippen MR) is 123 cm³/mol. The molecule has 6 heteroatoms. The molecular formula is C24H30N3O2S+. The summed E-state index contributed by atoms with van der Waals surface area (Å²) >= 11 is 1.71. The van der Waals surface area contributed by atoms with Crippen LogP contribution in [0.1, 0.15) is 48.1 Å². The van der Waals surface area contributed by atoms with Crippen molar-refractivity contribution in [3.8, 4) is 5.75 Å². The van der Waals surface area contributed by atoms with Gasteiger partial charge >= 0.3 is 0 Å². The van der Waals surface area contributed by atoms with Gasteiger partial charge in [0.2, 0.25) is 0 Å². The Kier molecular flexibility index (Phi) is 6.06. The number of hydrogen-bond acceptors (Lipinski definition) is 4. The summed E-state index contributed by atoms with van der Waals surface area (Å²) in [5.41, 5.74) is 2.47. The maximum absolute atomic E-state index is 12.9. The first kappa shape index (κ1) is 20.8. The standard InChI is InChI=1S/C24H29N3O2S/c1-5-12-29-18-9-7-17(8-10-18)14-27(4)16(3)22-25-23(28)21-19-11-6-15(2)13-20(19)30-24(21)26-22/h5,7-10,15-16H,1,6,11-14H2,2-4H3,(H,25,26,28)/p+1/t15-,16-/m0/s1. The molecule has 1 aliphatic rings. The van der Waals surface area contributed by atoms with Crippen LogP contribution in [-0.2, 0) is 19.4 Å².